The first-order valence-corrected chi connectivity index (χ1v) is 5.83. The monoisotopic (exact) mass is 239 g/mol. The first-order chi connectivity index (χ1) is 7.77. The Morgan fingerprint density at radius 2 is 2.06 bits per heavy atom. The van der Waals surface area contributed by atoms with E-state index in [1.54, 1.807) is 7.11 Å². The molecule has 0 aliphatic carbocycles. The second-order valence-electron chi connectivity index (χ2n) is 3.54. The lowest BCUT2D eigenvalue weighted by atomic mass is 10.1. The SMILES string of the molecule is COc1ccc(Cl)c(CC/C=C/CCN)c1. The highest BCUT2D eigenvalue weighted by molar-refractivity contribution is 6.31. The maximum absolute atomic E-state index is 6.09. The van der Waals surface area contributed by atoms with E-state index < -0.39 is 0 Å². The number of benzene rings is 1. The van der Waals surface area contributed by atoms with Gasteiger partial charge >= 0.3 is 0 Å². The van der Waals surface area contributed by atoms with E-state index in [4.69, 9.17) is 22.1 Å². The number of rotatable bonds is 6. The van der Waals surface area contributed by atoms with Crippen LogP contribution in [0.5, 0.6) is 5.75 Å². The first-order valence-electron chi connectivity index (χ1n) is 5.45. The molecule has 0 heterocycles. The number of aryl methyl sites for hydroxylation is 1. The Bertz CT molecular complexity index is 350. The van der Waals surface area contributed by atoms with E-state index in [-0.39, 0.29) is 0 Å². The average Bonchev–Trinajstić information content (AvgIpc) is 2.31. The fourth-order valence-corrected chi connectivity index (χ4v) is 1.65. The van der Waals surface area contributed by atoms with Crippen LogP contribution < -0.4 is 10.5 Å². The van der Waals surface area contributed by atoms with Gasteiger partial charge in [0.15, 0.2) is 0 Å². The van der Waals surface area contributed by atoms with Gasteiger partial charge in [0.05, 0.1) is 7.11 Å². The van der Waals surface area contributed by atoms with Crippen LogP contribution in [0.2, 0.25) is 5.02 Å². The quantitative estimate of drug-likeness (QED) is 0.774. The second kappa shape index (κ2) is 7.31. The number of hydrogen-bond acceptors (Lipinski definition) is 2. The molecular weight excluding hydrogens is 222 g/mol. The lowest BCUT2D eigenvalue weighted by Crippen LogP contribution is -1.95. The molecule has 0 fully saturated rings. The molecule has 2 N–H and O–H groups in total. The summed E-state index contributed by atoms with van der Waals surface area (Å²) < 4.78 is 5.16. The largest absolute Gasteiger partial charge is 0.497 e. The van der Waals surface area contributed by atoms with Crippen molar-refractivity contribution in [1.29, 1.82) is 0 Å². The van der Waals surface area contributed by atoms with Crippen LogP contribution in [-0.2, 0) is 6.42 Å². The van der Waals surface area contributed by atoms with Crippen molar-refractivity contribution < 1.29 is 4.74 Å². The molecule has 0 unspecified atom stereocenters. The van der Waals surface area contributed by atoms with Gasteiger partial charge < -0.3 is 10.5 Å². The van der Waals surface area contributed by atoms with Gasteiger partial charge in [-0.3, -0.25) is 0 Å². The Balaban J connectivity index is 2.52. The van der Waals surface area contributed by atoms with Crippen LogP contribution in [0.3, 0.4) is 0 Å². The van der Waals surface area contributed by atoms with Gasteiger partial charge in [-0.25, -0.2) is 0 Å². The molecule has 0 aliphatic rings. The highest BCUT2D eigenvalue weighted by Crippen LogP contribution is 2.23. The summed E-state index contributed by atoms with van der Waals surface area (Å²) in [4.78, 5) is 0. The van der Waals surface area contributed by atoms with Gasteiger partial charge in [0.1, 0.15) is 5.75 Å². The van der Waals surface area contributed by atoms with Gasteiger partial charge in [-0.2, -0.15) is 0 Å². The molecule has 2 nitrogen and oxygen atoms in total. The molecule has 0 saturated carbocycles. The summed E-state index contributed by atoms with van der Waals surface area (Å²) in [7, 11) is 1.66. The van der Waals surface area contributed by atoms with E-state index in [0.29, 0.717) is 6.54 Å². The Morgan fingerprint density at radius 1 is 1.31 bits per heavy atom. The van der Waals surface area contributed by atoms with Gasteiger partial charge in [-0.1, -0.05) is 23.8 Å². The number of methoxy groups -OCH3 is 1. The van der Waals surface area contributed by atoms with E-state index in [2.05, 4.69) is 12.2 Å². The van der Waals surface area contributed by atoms with Crippen LogP contribution in [0, 0.1) is 0 Å². The lowest BCUT2D eigenvalue weighted by Gasteiger charge is -2.05. The normalized spacial score (nSPS) is 10.9. The Labute approximate surface area is 102 Å². The zero-order chi connectivity index (χ0) is 11.8. The molecule has 16 heavy (non-hydrogen) atoms. The highest BCUT2D eigenvalue weighted by atomic mass is 35.5. The van der Waals surface area contributed by atoms with Gasteiger partial charge in [-0.15, -0.1) is 0 Å². The predicted octanol–water partition coefficient (Wildman–Crippen LogP) is 3.19. The van der Waals surface area contributed by atoms with E-state index in [0.717, 1.165) is 35.6 Å². The van der Waals surface area contributed by atoms with Gasteiger partial charge in [-0.05, 0) is 49.6 Å². The van der Waals surface area contributed by atoms with Crippen molar-refractivity contribution in [3.63, 3.8) is 0 Å². The summed E-state index contributed by atoms with van der Waals surface area (Å²) in [6.45, 7) is 0.705. The molecule has 88 valence electrons. The summed E-state index contributed by atoms with van der Waals surface area (Å²) >= 11 is 6.09. The fourth-order valence-electron chi connectivity index (χ4n) is 1.44. The van der Waals surface area contributed by atoms with E-state index in [9.17, 15) is 0 Å². The third kappa shape index (κ3) is 4.25. The van der Waals surface area contributed by atoms with Crippen molar-refractivity contribution in [2.45, 2.75) is 19.3 Å². The van der Waals surface area contributed by atoms with Crippen LogP contribution >= 0.6 is 11.6 Å². The van der Waals surface area contributed by atoms with Crippen LogP contribution in [0.4, 0.5) is 0 Å². The fraction of sp³-hybridized carbons (Fsp3) is 0.385. The molecule has 3 heteroatoms. The third-order valence-corrected chi connectivity index (χ3v) is 2.70. The highest BCUT2D eigenvalue weighted by Gasteiger charge is 2.01. The van der Waals surface area contributed by atoms with E-state index >= 15 is 0 Å². The number of nitrogens with two attached hydrogens (primary N) is 1. The molecule has 0 aromatic heterocycles. The summed E-state index contributed by atoms with van der Waals surface area (Å²) in [6, 6.07) is 5.73. The number of halogens is 1. The number of ether oxygens (including phenoxy) is 1. The Morgan fingerprint density at radius 3 is 2.75 bits per heavy atom. The lowest BCUT2D eigenvalue weighted by molar-refractivity contribution is 0.414. The standard InChI is InChI=1S/C13H18ClNO/c1-16-12-7-8-13(14)11(10-12)6-4-2-3-5-9-15/h2-3,7-8,10H,4-6,9,15H2,1H3/b3-2+. The minimum absolute atomic E-state index is 0.705. The van der Waals surface area contributed by atoms with Crippen molar-refractivity contribution in [2.24, 2.45) is 5.73 Å². The molecule has 1 aromatic rings. The number of allylic oxidation sites excluding steroid dienone is 1. The zero-order valence-corrected chi connectivity index (χ0v) is 10.3. The molecule has 0 aliphatic heterocycles. The minimum atomic E-state index is 0.705. The van der Waals surface area contributed by atoms with Crippen LogP contribution in [0.1, 0.15) is 18.4 Å². The Hall–Kier alpha value is -0.990. The molecule has 0 bridgehead atoms. The number of hydrogen-bond donors (Lipinski definition) is 1. The van der Waals surface area contributed by atoms with Crippen molar-refractivity contribution in [1.82, 2.24) is 0 Å². The summed E-state index contributed by atoms with van der Waals surface area (Å²) in [5.74, 6) is 0.852. The molecule has 0 radical (unpaired) electrons. The molecule has 1 aromatic carbocycles. The van der Waals surface area contributed by atoms with Crippen LogP contribution in [0.15, 0.2) is 30.4 Å². The minimum Gasteiger partial charge on any atom is -0.497 e. The van der Waals surface area contributed by atoms with Crippen molar-refractivity contribution in [3.05, 3.63) is 40.9 Å². The van der Waals surface area contributed by atoms with Gasteiger partial charge in [0.2, 0.25) is 0 Å². The maximum Gasteiger partial charge on any atom is 0.119 e. The summed E-state index contributed by atoms with van der Waals surface area (Å²) in [5.41, 5.74) is 6.52. The predicted molar refractivity (Wildman–Crippen MR) is 69.1 cm³/mol. The summed E-state index contributed by atoms with van der Waals surface area (Å²) in [6.07, 6.45) is 7.09. The van der Waals surface area contributed by atoms with Gasteiger partial charge in [0, 0.05) is 5.02 Å². The third-order valence-electron chi connectivity index (χ3n) is 2.33. The van der Waals surface area contributed by atoms with Crippen molar-refractivity contribution >= 4 is 11.6 Å². The Kier molecular flexibility index (Phi) is 5.98. The molecule has 0 saturated heterocycles. The second-order valence-corrected chi connectivity index (χ2v) is 3.95. The molecule has 1 rings (SSSR count). The van der Waals surface area contributed by atoms with Crippen LogP contribution in [-0.4, -0.2) is 13.7 Å². The molecule has 0 atom stereocenters. The maximum atomic E-state index is 6.09. The zero-order valence-electron chi connectivity index (χ0n) is 9.58. The first kappa shape index (κ1) is 13.1. The van der Waals surface area contributed by atoms with Crippen molar-refractivity contribution in [2.75, 3.05) is 13.7 Å². The molecular formula is C13H18ClNO. The van der Waals surface area contributed by atoms with E-state index in [1.807, 2.05) is 18.2 Å². The smallest absolute Gasteiger partial charge is 0.119 e. The molecule has 0 amide bonds. The summed E-state index contributed by atoms with van der Waals surface area (Å²) in [5, 5.41) is 0.799. The van der Waals surface area contributed by atoms with Crippen molar-refractivity contribution in [3.8, 4) is 5.75 Å². The topological polar surface area (TPSA) is 35.2 Å². The van der Waals surface area contributed by atoms with Crippen LogP contribution in [0.25, 0.3) is 0 Å². The average molecular weight is 240 g/mol. The van der Waals surface area contributed by atoms with Gasteiger partial charge in [0.25, 0.3) is 0 Å². The van der Waals surface area contributed by atoms with E-state index in [1.165, 1.54) is 0 Å². The molecule has 0 spiro atoms.